The molecule has 0 aliphatic carbocycles. The van der Waals surface area contributed by atoms with Crippen molar-refractivity contribution in [3.63, 3.8) is 0 Å². The lowest BCUT2D eigenvalue weighted by Crippen LogP contribution is -2.46. The van der Waals surface area contributed by atoms with Crippen molar-refractivity contribution in [3.8, 4) is 0 Å². The number of benzene rings is 1. The number of aromatic nitrogens is 2. The lowest BCUT2D eigenvalue weighted by Gasteiger charge is -2.36. The number of piperazine rings is 1. The third kappa shape index (κ3) is 3.47. The van der Waals surface area contributed by atoms with Gasteiger partial charge in [0.05, 0.1) is 10.2 Å². The molecule has 1 aromatic heterocycles. The van der Waals surface area contributed by atoms with E-state index < -0.39 is 0 Å². The van der Waals surface area contributed by atoms with E-state index in [0.717, 1.165) is 54.5 Å². The molecule has 4 nitrogen and oxygen atoms in total. The predicted molar refractivity (Wildman–Crippen MR) is 93.1 cm³/mol. The first-order valence-corrected chi connectivity index (χ1v) is 8.45. The SMILES string of the molecule is Cc1nc(C)c(Br)c(N2CCN(Cc3ccccc3)CC2)n1. The smallest absolute Gasteiger partial charge is 0.147 e. The Labute approximate surface area is 140 Å². The molecule has 0 unspecified atom stereocenters. The van der Waals surface area contributed by atoms with E-state index in [-0.39, 0.29) is 0 Å². The van der Waals surface area contributed by atoms with Gasteiger partial charge in [-0.05, 0) is 35.3 Å². The lowest BCUT2D eigenvalue weighted by atomic mass is 10.2. The van der Waals surface area contributed by atoms with Crippen molar-refractivity contribution in [3.05, 3.63) is 51.9 Å². The van der Waals surface area contributed by atoms with Gasteiger partial charge in [-0.25, -0.2) is 9.97 Å². The van der Waals surface area contributed by atoms with Crippen LogP contribution in [0.15, 0.2) is 34.8 Å². The Bertz CT molecular complexity index is 637. The van der Waals surface area contributed by atoms with Gasteiger partial charge in [-0.1, -0.05) is 30.3 Å². The molecule has 0 saturated carbocycles. The molecule has 1 aliphatic heterocycles. The highest BCUT2D eigenvalue weighted by Gasteiger charge is 2.21. The minimum absolute atomic E-state index is 0.836. The van der Waals surface area contributed by atoms with Crippen molar-refractivity contribution in [1.82, 2.24) is 14.9 Å². The van der Waals surface area contributed by atoms with Gasteiger partial charge >= 0.3 is 0 Å². The molecule has 0 spiro atoms. The first kappa shape index (κ1) is 15.4. The molecule has 0 N–H and O–H groups in total. The molecule has 0 amide bonds. The molecule has 0 bridgehead atoms. The predicted octanol–water partition coefficient (Wildman–Crippen LogP) is 3.18. The fourth-order valence-corrected chi connectivity index (χ4v) is 3.28. The highest BCUT2D eigenvalue weighted by molar-refractivity contribution is 9.10. The number of halogens is 1. The number of rotatable bonds is 3. The van der Waals surface area contributed by atoms with E-state index in [1.165, 1.54) is 5.56 Å². The zero-order chi connectivity index (χ0) is 15.5. The summed E-state index contributed by atoms with van der Waals surface area (Å²) in [6.07, 6.45) is 0. The summed E-state index contributed by atoms with van der Waals surface area (Å²) < 4.78 is 1.02. The first-order valence-electron chi connectivity index (χ1n) is 7.65. The summed E-state index contributed by atoms with van der Waals surface area (Å²) in [5, 5.41) is 0. The van der Waals surface area contributed by atoms with E-state index >= 15 is 0 Å². The van der Waals surface area contributed by atoms with Gasteiger partial charge in [0, 0.05) is 32.7 Å². The third-order valence-electron chi connectivity index (χ3n) is 4.03. The van der Waals surface area contributed by atoms with E-state index in [0.29, 0.717) is 0 Å². The number of aryl methyl sites for hydroxylation is 2. The summed E-state index contributed by atoms with van der Waals surface area (Å²) in [5.41, 5.74) is 2.39. The Balaban J connectivity index is 1.65. The quantitative estimate of drug-likeness (QED) is 0.841. The summed E-state index contributed by atoms with van der Waals surface area (Å²) in [5.74, 6) is 1.87. The number of hydrogen-bond acceptors (Lipinski definition) is 4. The maximum absolute atomic E-state index is 4.62. The summed E-state index contributed by atoms with van der Waals surface area (Å²) in [7, 11) is 0. The van der Waals surface area contributed by atoms with Crippen molar-refractivity contribution in [1.29, 1.82) is 0 Å². The van der Waals surface area contributed by atoms with E-state index in [9.17, 15) is 0 Å². The molecule has 2 heterocycles. The van der Waals surface area contributed by atoms with Crippen LogP contribution in [0.2, 0.25) is 0 Å². The monoisotopic (exact) mass is 360 g/mol. The Hall–Kier alpha value is -1.46. The summed E-state index contributed by atoms with van der Waals surface area (Å²) in [6, 6.07) is 10.7. The van der Waals surface area contributed by atoms with E-state index in [1.54, 1.807) is 0 Å². The standard InChI is InChI=1S/C17H21BrN4/c1-13-16(18)17(20-14(2)19-13)22-10-8-21(9-11-22)12-15-6-4-3-5-7-15/h3-7H,8-12H2,1-2H3. The minimum Gasteiger partial charge on any atom is -0.353 e. The summed E-state index contributed by atoms with van der Waals surface area (Å²) in [6.45, 7) is 9.12. The maximum atomic E-state index is 4.62. The molecule has 0 radical (unpaired) electrons. The molecule has 22 heavy (non-hydrogen) atoms. The Kier molecular flexibility index (Phi) is 4.74. The second-order valence-corrected chi connectivity index (χ2v) is 6.54. The van der Waals surface area contributed by atoms with Crippen LogP contribution in [0.4, 0.5) is 5.82 Å². The van der Waals surface area contributed by atoms with Crippen LogP contribution < -0.4 is 4.90 Å². The lowest BCUT2D eigenvalue weighted by molar-refractivity contribution is 0.249. The number of anilines is 1. The van der Waals surface area contributed by atoms with Crippen molar-refractivity contribution < 1.29 is 0 Å². The molecule has 2 aromatic rings. The number of hydrogen-bond donors (Lipinski definition) is 0. The van der Waals surface area contributed by atoms with Crippen molar-refractivity contribution in [2.45, 2.75) is 20.4 Å². The van der Waals surface area contributed by atoms with Gasteiger partial charge in [0.25, 0.3) is 0 Å². The molecule has 116 valence electrons. The normalized spacial score (nSPS) is 16.0. The maximum Gasteiger partial charge on any atom is 0.147 e. The largest absolute Gasteiger partial charge is 0.353 e. The Morgan fingerprint density at radius 3 is 2.36 bits per heavy atom. The zero-order valence-electron chi connectivity index (χ0n) is 13.1. The van der Waals surface area contributed by atoms with Crippen molar-refractivity contribution in [2.24, 2.45) is 0 Å². The van der Waals surface area contributed by atoms with Crippen LogP contribution in [0.5, 0.6) is 0 Å². The van der Waals surface area contributed by atoms with Crippen molar-refractivity contribution >= 4 is 21.7 Å². The Morgan fingerprint density at radius 2 is 1.68 bits per heavy atom. The zero-order valence-corrected chi connectivity index (χ0v) is 14.7. The van der Waals surface area contributed by atoms with Crippen molar-refractivity contribution in [2.75, 3.05) is 31.1 Å². The summed E-state index contributed by atoms with van der Waals surface area (Å²) >= 11 is 3.64. The molecule has 3 rings (SSSR count). The first-order chi connectivity index (χ1) is 10.6. The average Bonchev–Trinajstić information content (AvgIpc) is 2.53. The van der Waals surface area contributed by atoms with Crippen LogP contribution in [0.3, 0.4) is 0 Å². The highest BCUT2D eigenvalue weighted by Crippen LogP contribution is 2.27. The fourth-order valence-electron chi connectivity index (χ4n) is 2.85. The topological polar surface area (TPSA) is 32.3 Å². The third-order valence-corrected chi connectivity index (χ3v) is 4.96. The average molecular weight is 361 g/mol. The Morgan fingerprint density at radius 1 is 1.00 bits per heavy atom. The van der Waals surface area contributed by atoms with Crippen LogP contribution in [0, 0.1) is 13.8 Å². The molecule has 1 saturated heterocycles. The molecule has 1 aliphatic rings. The van der Waals surface area contributed by atoms with E-state index in [4.69, 9.17) is 0 Å². The van der Waals surface area contributed by atoms with Gasteiger partial charge in [-0.3, -0.25) is 4.90 Å². The van der Waals surface area contributed by atoms with Crippen LogP contribution in [-0.2, 0) is 6.54 Å². The second kappa shape index (κ2) is 6.75. The van der Waals surface area contributed by atoms with Crippen LogP contribution in [-0.4, -0.2) is 41.0 Å². The second-order valence-electron chi connectivity index (χ2n) is 5.74. The van der Waals surface area contributed by atoms with Gasteiger partial charge in [-0.2, -0.15) is 0 Å². The highest BCUT2D eigenvalue weighted by atomic mass is 79.9. The minimum atomic E-state index is 0.836. The van der Waals surface area contributed by atoms with Gasteiger partial charge in [0.2, 0.25) is 0 Å². The van der Waals surface area contributed by atoms with Crippen LogP contribution >= 0.6 is 15.9 Å². The molecular weight excluding hydrogens is 340 g/mol. The van der Waals surface area contributed by atoms with E-state index in [2.05, 4.69) is 66.0 Å². The molecule has 1 aromatic carbocycles. The van der Waals surface area contributed by atoms with Gasteiger partial charge in [0.1, 0.15) is 11.6 Å². The van der Waals surface area contributed by atoms with Gasteiger partial charge in [-0.15, -0.1) is 0 Å². The molecule has 1 fully saturated rings. The fraction of sp³-hybridized carbons (Fsp3) is 0.412. The van der Waals surface area contributed by atoms with Gasteiger partial charge in [0.15, 0.2) is 0 Å². The summed E-state index contributed by atoms with van der Waals surface area (Å²) in [4.78, 5) is 13.9. The number of nitrogens with zero attached hydrogens (tertiary/aromatic N) is 4. The van der Waals surface area contributed by atoms with Crippen LogP contribution in [0.25, 0.3) is 0 Å². The molecular formula is C17H21BrN4. The van der Waals surface area contributed by atoms with Gasteiger partial charge < -0.3 is 4.90 Å². The van der Waals surface area contributed by atoms with Crippen LogP contribution in [0.1, 0.15) is 17.1 Å². The molecule has 0 atom stereocenters. The molecule has 5 heteroatoms. The van der Waals surface area contributed by atoms with E-state index in [1.807, 2.05) is 13.8 Å².